The van der Waals surface area contributed by atoms with Gasteiger partial charge in [-0.15, -0.1) is 0 Å². The van der Waals surface area contributed by atoms with Crippen LogP contribution < -0.4 is 0 Å². The van der Waals surface area contributed by atoms with E-state index in [1.807, 2.05) is 6.92 Å². The summed E-state index contributed by atoms with van der Waals surface area (Å²) in [7, 11) is 0. The molecule has 1 fully saturated rings. The van der Waals surface area contributed by atoms with Gasteiger partial charge in [0.2, 0.25) is 0 Å². The SMILES string of the molecule is Cc1c(C(=O)N2CCC(O)CC2)cnn1-c1ccc(F)cc1. The molecule has 1 aromatic heterocycles. The summed E-state index contributed by atoms with van der Waals surface area (Å²) in [5.74, 6) is -0.380. The average molecular weight is 303 g/mol. The first kappa shape index (κ1) is 14.7. The largest absolute Gasteiger partial charge is 0.393 e. The molecule has 6 heteroatoms. The molecule has 1 aliphatic rings. The number of halogens is 1. The second-order valence-corrected chi connectivity index (χ2v) is 5.56. The molecule has 2 heterocycles. The van der Waals surface area contributed by atoms with Gasteiger partial charge in [0.05, 0.1) is 29.2 Å². The van der Waals surface area contributed by atoms with Crippen molar-refractivity contribution in [3.63, 3.8) is 0 Å². The van der Waals surface area contributed by atoms with Gasteiger partial charge in [0.15, 0.2) is 0 Å². The van der Waals surface area contributed by atoms with Gasteiger partial charge in [0.1, 0.15) is 5.82 Å². The minimum atomic E-state index is -0.313. The van der Waals surface area contributed by atoms with E-state index in [1.165, 1.54) is 12.1 Å². The quantitative estimate of drug-likeness (QED) is 0.922. The number of benzene rings is 1. The number of aromatic nitrogens is 2. The molecular weight excluding hydrogens is 285 g/mol. The molecule has 0 unspecified atom stereocenters. The Morgan fingerprint density at radius 2 is 1.91 bits per heavy atom. The lowest BCUT2D eigenvalue weighted by atomic mass is 10.1. The zero-order valence-corrected chi connectivity index (χ0v) is 12.4. The third kappa shape index (κ3) is 2.74. The maximum absolute atomic E-state index is 13.0. The monoisotopic (exact) mass is 303 g/mol. The number of aliphatic hydroxyl groups is 1. The molecule has 0 saturated carbocycles. The van der Waals surface area contributed by atoms with Gasteiger partial charge >= 0.3 is 0 Å². The lowest BCUT2D eigenvalue weighted by Gasteiger charge is -2.29. The third-order valence-corrected chi connectivity index (χ3v) is 4.06. The van der Waals surface area contributed by atoms with Crippen LogP contribution in [0.15, 0.2) is 30.5 Å². The molecule has 5 nitrogen and oxygen atoms in total. The van der Waals surface area contributed by atoms with Crippen LogP contribution in [0, 0.1) is 12.7 Å². The first-order chi connectivity index (χ1) is 10.6. The van der Waals surface area contributed by atoms with Gasteiger partial charge in [-0.05, 0) is 44.0 Å². The molecule has 0 spiro atoms. The van der Waals surface area contributed by atoms with Crippen LogP contribution in [0.5, 0.6) is 0 Å². The van der Waals surface area contributed by atoms with Crippen LogP contribution in [0.3, 0.4) is 0 Å². The van der Waals surface area contributed by atoms with Crippen LogP contribution in [-0.4, -0.2) is 44.9 Å². The molecular formula is C16H18FN3O2. The normalized spacial score (nSPS) is 16.0. The molecule has 0 aliphatic carbocycles. The number of carbonyl (C=O) groups is 1. The third-order valence-electron chi connectivity index (χ3n) is 4.06. The number of likely N-dealkylation sites (tertiary alicyclic amines) is 1. The number of carbonyl (C=O) groups excluding carboxylic acids is 1. The van der Waals surface area contributed by atoms with E-state index >= 15 is 0 Å². The topological polar surface area (TPSA) is 58.4 Å². The number of aliphatic hydroxyl groups excluding tert-OH is 1. The number of amides is 1. The summed E-state index contributed by atoms with van der Waals surface area (Å²) >= 11 is 0. The highest BCUT2D eigenvalue weighted by Gasteiger charge is 2.25. The molecule has 0 radical (unpaired) electrons. The Balaban J connectivity index is 1.84. The highest BCUT2D eigenvalue weighted by Crippen LogP contribution is 2.19. The molecule has 1 amide bonds. The number of hydrogen-bond donors (Lipinski definition) is 1. The fourth-order valence-corrected chi connectivity index (χ4v) is 2.70. The number of piperidine rings is 1. The minimum absolute atomic E-state index is 0.0715. The van der Waals surface area contributed by atoms with E-state index in [-0.39, 0.29) is 17.8 Å². The van der Waals surface area contributed by atoms with Crippen LogP contribution in [0.2, 0.25) is 0 Å². The number of rotatable bonds is 2. The van der Waals surface area contributed by atoms with Gasteiger partial charge in [0, 0.05) is 13.1 Å². The van der Waals surface area contributed by atoms with E-state index in [0.717, 1.165) is 5.69 Å². The summed E-state index contributed by atoms with van der Waals surface area (Å²) < 4.78 is 14.6. The van der Waals surface area contributed by atoms with Crippen molar-refractivity contribution in [2.75, 3.05) is 13.1 Å². The van der Waals surface area contributed by atoms with E-state index in [2.05, 4.69) is 5.10 Å². The number of nitrogens with zero attached hydrogens (tertiary/aromatic N) is 3. The standard InChI is InChI=1S/C16H18FN3O2/c1-11-15(16(22)19-8-6-14(21)7-9-19)10-18-20(11)13-4-2-12(17)3-5-13/h2-5,10,14,21H,6-9H2,1H3. The summed E-state index contributed by atoms with van der Waals surface area (Å²) in [6.07, 6.45) is 2.45. The molecule has 1 N–H and O–H groups in total. The molecule has 2 aromatic rings. The highest BCUT2D eigenvalue weighted by molar-refractivity contribution is 5.95. The van der Waals surface area contributed by atoms with Crippen molar-refractivity contribution < 1.29 is 14.3 Å². The Labute approximate surface area is 128 Å². The molecule has 1 aliphatic heterocycles. The van der Waals surface area contributed by atoms with Crippen LogP contribution >= 0.6 is 0 Å². The van der Waals surface area contributed by atoms with E-state index in [1.54, 1.807) is 27.9 Å². The maximum atomic E-state index is 13.0. The van der Waals surface area contributed by atoms with E-state index < -0.39 is 0 Å². The van der Waals surface area contributed by atoms with Crippen molar-refractivity contribution in [2.45, 2.75) is 25.9 Å². The van der Waals surface area contributed by atoms with Crippen molar-refractivity contribution >= 4 is 5.91 Å². The predicted octanol–water partition coefficient (Wildman–Crippen LogP) is 1.92. The smallest absolute Gasteiger partial charge is 0.257 e. The van der Waals surface area contributed by atoms with Gasteiger partial charge < -0.3 is 10.0 Å². The fraction of sp³-hybridized carbons (Fsp3) is 0.375. The lowest BCUT2D eigenvalue weighted by Crippen LogP contribution is -2.40. The minimum Gasteiger partial charge on any atom is -0.393 e. The van der Waals surface area contributed by atoms with Crippen molar-refractivity contribution in [3.05, 3.63) is 47.5 Å². The van der Waals surface area contributed by atoms with Crippen LogP contribution in [0.1, 0.15) is 28.9 Å². The average Bonchev–Trinajstić information content (AvgIpc) is 2.90. The molecule has 1 aromatic carbocycles. The number of hydrogen-bond acceptors (Lipinski definition) is 3. The first-order valence-corrected chi connectivity index (χ1v) is 7.34. The van der Waals surface area contributed by atoms with Crippen molar-refractivity contribution in [1.29, 1.82) is 0 Å². The zero-order valence-electron chi connectivity index (χ0n) is 12.4. The van der Waals surface area contributed by atoms with Crippen LogP contribution in [0.4, 0.5) is 4.39 Å². The maximum Gasteiger partial charge on any atom is 0.257 e. The van der Waals surface area contributed by atoms with Crippen LogP contribution in [-0.2, 0) is 0 Å². The Morgan fingerprint density at radius 1 is 1.27 bits per heavy atom. The summed E-state index contributed by atoms with van der Waals surface area (Å²) in [4.78, 5) is 14.3. The molecule has 1 saturated heterocycles. The summed E-state index contributed by atoms with van der Waals surface area (Å²) in [6, 6.07) is 5.98. The van der Waals surface area contributed by atoms with Gasteiger partial charge in [-0.2, -0.15) is 5.10 Å². The lowest BCUT2D eigenvalue weighted by molar-refractivity contribution is 0.0546. The Kier molecular flexibility index (Phi) is 3.94. The van der Waals surface area contributed by atoms with E-state index in [0.29, 0.717) is 37.2 Å². The second-order valence-electron chi connectivity index (χ2n) is 5.56. The molecule has 0 atom stereocenters. The first-order valence-electron chi connectivity index (χ1n) is 7.34. The summed E-state index contributed by atoms with van der Waals surface area (Å²) in [5, 5.41) is 13.8. The molecule has 22 heavy (non-hydrogen) atoms. The zero-order chi connectivity index (χ0) is 15.7. The molecule has 0 bridgehead atoms. The second kappa shape index (κ2) is 5.88. The van der Waals surface area contributed by atoms with Crippen molar-refractivity contribution in [2.24, 2.45) is 0 Å². The van der Waals surface area contributed by atoms with E-state index in [9.17, 15) is 14.3 Å². The van der Waals surface area contributed by atoms with Crippen molar-refractivity contribution in [3.8, 4) is 5.69 Å². The summed E-state index contributed by atoms with van der Waals surface area (Å²) in [5.41, 5.74) is 1.98. The Morgan fingerprint density at radius 3 is 2.55 bits per heavy atom. The van der Waals surface area contributed by atoms with Crippen molar-refractivity contribution in [1.82, 2.24) is 14.7 Å². The van der Waals surface area contributed by atoms with Gasteiger partial charge in [0.25, 0.3) is 5.91 Å². The highest BCUT2D eigenvalue weighted by atomic mass is 19.1. The summed E-state index contributed by atoms with van der Waals surface area (Å²) in [6.45, 7) is 2.94. The van der Waals surface area contributed by atoms with Crippen LogP contribution in [0.25, 0.3) is 5.69 Å². The van der Waals surface area contributed by atoms with Gasteiger partial charge in [-0.3, -0.25) is 4.79 Å². The van der Waals surface area contributed by atoms with Gasteiger partial charge in [-0.25, -0.2) is 9.07 Å². The predicted molar refractivity (Wildman–Crippen MR) is 79.4 cm³/mol. The van der Waals surface area contributed by atoms with Gasteiger partial charge in [-0.1, -0.05) is 0 Å². The molecule has 116 valence electrons. The Hall–Kier alpha value is -2.21. The Bertz CT molecular complexity index is 673. The van der Waals surface area contributed by atoms with E-state index in [4.69, 9.17) is 0 Å². The molecule has 3 rings (SSSR count). The fourth-order valence-electron chi connectivity index (χ4n) is 2.70.